The Morgan fingerprint density at radius 3 is 2.47 bits per heavy atom. The molecule has 6 heteroatoms. The second-order valence-electron chi connectivity index (χ2n) is 3.30. The Balaban J connectivity index is 2.64. The molecule has 3 nitrogen and oxygen atoms in total. The van der Waals surface area contributed by atoms with Crippen LogP contribution >= 0.6 is 0 Å². The molecule has 1 rings (SSSR count). The minimum atomic E-state index is -4.39. The van der Waals surface area contributed by atoms with Gasteiger partial charge in [0.2, 0.25) is 0 Å². The number of anilines is 1. The summed E-state index contributed by atoms with van der Waals surface area (Å²) in [5, 5.41) is 0. The van der Waals surface area contributed by atoms with Crippen molar-refractivity contribution in [2.24, 2.45) is 0 Å². The zero-order valence-corrected chi connectivity index (χ0v) is 9.38. The van der Waals surface area contributed by atoms with Gasteiger partial charge < -0.3 is 15.2 Å². The number of halogens is 3. The summed E-state index contributed by atoms with van der Waals surface area (Å²) in [6.45, 7) is 3.03. The minimum Gasteiger partial charge on any atom is -0.489 e. The molecule has 0 aliphatic heterocycles. The first-order chi connectivity index (χ1) is 7.95. The fraction of sp³-hybridized carbons (Fsp3) is 0.455. The lowest BCUT2D eigenvalue weighted by Crippen LogP contribution is -2.09. The molecule has 0 heterocycles. The molecule has 0 saturated heterocycles. The van der Waals surface area contributed by atoms with Crippen molar-refractivity contribution in [2.45, 2.75) is 13.1 Å². The van der Waals surface area contributed by atoms with Gasteiger partial charge in [0.05, 0.1) is 17.9 Å². The van der Waals surface area contributed by atoms with E-state index in [-0.39, 0.29) is 18.0 Å². The van der Waals surface area contributed by atoms with Crippen molar-refractivity contribution in [3.8, 4) is 5.75 Å². The summed E-state index contributed by atoms with van der Waals surface area (Å²) >= 11 is 0. The Morgan fingerprint density at radius 1 is 1.24 bits per heavy atom. The Kier molecular flexibility index (Phi) is 4.62. The Bertz CT molecular complexity index is 366. The summed E-state index contributed by atoms with van der Waals surface area (Å²) in [7, 11) is 0. The number of ether oxygens (including phenoxy) is 2. The van der Waals surface area contributed by atoms with Crippen molar-refractivity contribution >= 4 is 5.69 Å². The highest BCUT2D eigenvalue weighted by Crippen LogP contribution is 2.33. The average molecular weight is 249 g/mol. The first-order valence-corrected chi connectivity index (χ1v) is 5.12. The van der Waals surface area contributed by atoms with Crippen LogP contribution in [-0.4, -0.2) is 19.8 Å². The van der Waals surface area contributed by atoms with Crippen molar-refractivity contribution in [1.82, 2.24) is 0 Å². The van der Waals surface area contributed by atoms with E-state index in [1.807, 2.05) is 6.92 Å². The summed E-state index contributed by atoms with van der Waals surface area (Å²) in [5.41, 5.74) is 4.65. The smallest absolute Gasteiger partial charge is 0.416 e. The van der Waals surface area contributed by atoms with Crippen molar-refractivity contribution in [2.75, 3.05) is 25.6 Å². The molecule has 0 saturated carbocycles. The molecular formula is C11H14F3NO2. The lowest BCUT2D eigenvalue weighted by molar-refractivity contribution is -0.137. The molecule has 0 aliphatic carbocycles. The van der Waals surface area contributed by atoms with E-state index in [4.69, 9.17) is 15.2 Å². The van der Waals surface area contributed by atoms with Crippen molar-refractivity contribution in [1.29, 1.82) is 0 Å². The SMILES string of the molecule is CCOCCOc1ccc(C(F)(F)F)cc1N. The molecule has 0 amide bonds. The molecular weight excluding hydrogens is 235 g/mol. The quantitative estimate of drug-likeness (QED) is 0.644. The first kappa shape index (κ1) is 13.6. The van der Waals surface area contributed by atoms with Crippen LogP contribution in [-0.2, 0) is 10.9 Å². The van der Waals surface area contributed by atoms with Crippen LogP contribution < -0.4 is 10.5 Å². The summed E-state index contributed by atoms with van der Waals surface area (Å²) in [5.74, 6) is 0.234. The third-order valence-corrected chi connectivity index (χ3v) is 2.03. The second-order valence-corrected chi connectivity index (χ2v) is 3.30. The van der Waals surface area contributed by atoms with E-state index in [0.717, 1.165) is 12.1 Å². The van der Waals surface area contributed by atoms with Crippen LogP contribution in [0.5, 0.6) is 5.75 Å². The van der Waals surface area contributed by atoms with Gasteiger partial charge in [-0.2, -0.15) is 13.2 Å². The average Bonchev–Trinajstić information content (AvgIpc) is 2.24. The Morgan fingerprint density at radius 2 is 1.94 bits per heavy atom. The summed E-state index contributed by atoms with van der Waals surface area (Å²) < 4.78 is 47.2. The topological polar surface area (TPSA) is 44.5 Å². The van der Waals surface area contributed by atoms with Crippen molar-refractivity contribution in [3.05, 3.63) is 23.8 Å². The van der Waals surface area contributed by atoms with E-state index in [1.165, 1.54) is 6.07 Å². The number of benzene rings is 1. The van der Waals surface area contributed by atoms with Gasteiger partial charge in [0.15, 0.2) is 0 Å². The third-order valence-electron chi connectivity index (χ3n) is 2.03. The molecule has 0 aromatic heterocycles. The standard InChI is InChI=1S/C11H14F3NO2/c1-2-16-5-6-17-10-4-3-8(7-9(10)15)11(12,13)14/h3-4,7H,2,5-6,15H2,1H3. The van der Waals surface area contributed by atoms with Crippen LogP contribution in [0.2, 0.25) is 0 Å². The number of alkyl halides is 3. The van der Waals surface area contributed by atoms with Crippen LogP contribution in [0.4, 0.5) is 18.9 Å². The molecule has 0 bridgehead atoms. The first-order valence-electron chi connectivity index (χ1n) is 5.12. The molecule has 0 radical (unpaired) electrons. The monoisotopic (exact) mass is 249 g/mol. The number of hydrogen-bond acceptors (Lipinski definition) is 3. The zero-order valence-electron chi connectivity index (χ0n) is 9.38. The molecule has 2 N–H and O–H groups in total. The van der Waals surface area contributed by atoms with Gasteiger partial charge in [-0.3, -0.25) is 0 Å². The molecule has 0 atom stereocenters. The number of rotatable bonds is 5. The van der Waals surface area contributed by atoms with Crippen molar-refractivity contribution < 1.29 is 22.6 Å². The Labute approximate surface area is 97.3 Å². The highest BCUT2D eigenvalue weighted by atomic mass is 19.4. The summed E-state index contributed by atoms with van der Waals surface area (Å²) in [6, 6.07) is 3.01. The number of hydrogen-bond donors (Lipinski definition) is 1. The predicted molar refractivity (Wildman–Crippen MR) is 57.8 cm³/mol. The molecule has 0 unspecified atom stereocenters. The summed E-state index contributed by atoms with van der Waals surface area (Å²) in [4.78, 5) is 0. The van der Waals surface area contributed by atoms with Crippen LogP contribution in [0, 0.1) is 0 Å². The highest BCUT2D eigenvalue weighted by molar-refractivity contribution is 5.54. The molecule has 96 valence electrons. The number of nitrogens with two attached hydrogens (primary N) is 1. The fourth-order valence-electron chi connectivity index (χ4n) is 1.21. The molecule has 0 spiro atoms. The van der Waals surface area contributed by atoms with E-state index < -0.39 is 11.7 Å². The van der Waals surface area contributed by atoms with E-state index in [1.54, 1.807) is 0 Å². The minimum absolute atomic E-state index is 0.0312. The molecule has 17 heavy (non-hydrogen) atoms. The Hall–Kier alpha value is -1.43. The zero-order chi connectivity index (χ0) is 12.9. The van der Waals surface area contributed by atoms with Gasteiger partial charge in [-0.25, -0.2) is 0 Å². The van der Waals surface area contributed by atoms with Gasteiger partial charge in [0, 0.05) is 6.61 Å². The van der Waals surface area contributed by atoms with E-state index >= 15 is 0 Å². The van der Waals surface area contributed by atoms with Gasteiger partial charge >= 0.3 is 6.18 Å². The van der Waals surface area contributed by atoms with Crippen LogP contribution in [0.1, 0.15) is 12.5 Å². The highest BCUT2D eigenvalue weighted by Gasteiger charge is 2.30. The molecule has 1 aromatic rings. The molecule has 0 aliphatic rings. The third kappa shape index (κ3) is 4.14. The largest absolute Gasteiger partial charge is 0.489 e. The lowest BCUT2D eigenvalue weighted by atomic mass is 10.2. The van der Waals surface area contributed by atoms with Gasteiger partial charge in [-0.15, -0.1) is 0 Å². The van der Waals surface area contributed by atoms with Gasteiger partial charge in [0.1, 0.15) is 12.4 Å². The molecule has 0 fully saturated rings. The normalized spacial score (nSPS) is 11.5. The van der Waals surface area contributed by atoms with Gasteiger partial charge in [-0.05, 0) is 25.1 Å². The molecule has 1 aromatic carbocycles. The predicted octanol–water partition coefficient (Wildman–Crippen LogP) is 2.70. The second kappa shape index (κ2) is 5.77. The van der Waals surface area contributed by atoms with Gasteiger partial charge in [0.25, 0.3) is 0 Å². The maximum absolute atomic E-state index is 12.3. The van der Waals surface area contributed by atoms with Crippen molar-refractivity contribution in [3.63, 3.8) is 0 Å². The maximum atomic E-state index is 12.3. The van der Waals surface area contributed by atoms with E-state index in [2.05, 4.69) is 0 Å². The van der Waals surface area contributed by atoms with E-state index in [9.17, 15) is 13.2 Å². The van der Waals surface area contributed by atoms with Crippen LogP contribution in [0.3, 0.4) is 0 Å². The lowest BCUT2D eigenvalue weighted by Gasteiger charge is -2.12. The van der Waals surface area contributed by atoms with Crippen LogP contribution in [0.25, 0.3) is 0 Å². The van der Waals surface area contributed by atoms with E-state index in [0.29, 0.717) is 13.2 Å². The van der Waals surface area contributed by atoms with Gasteiger partial charge in [-0.1, -0.05) is 0 Å². The van der Waals surface area contributed by atoms with Crippen LogP contribution in [0.15, 0.2) is 18.2 Å². The summed E-state index contributed by atoms with van der Waals surface area (Å²) in [6.07, 6.45) is -4.39. The maximum Gasteiger partial charge on any atom is 0.416 e. The number of nitrogen functional groups attached to an aromatic ring is 1. The fourth-order valence-corrected chi connectivity index (χ4v) is 1.21.